The number of ether oxygens (including phenoxy) is 1. The Bertz CT molecular complexity index is 1220. The molecule has 3 heterocycles. The molecule has 2 amide bonds. The number of anilines is 3. The van der Waals surface area contributed by atoms with Gasteiger partial charge in [0.2, 0.25) is 23.6 Å². The van der Waals surface area contributed by atoms with Crippen LogP contribution in [0.2, 0.25) is 0 Å². The van der Waals surface area contributed by atoms with Crippen LogP contribution in [0.5, 0.6) is 5.88 Å². The highest BCUT2D eigenvalue weighted by Crippen LogP contribution is 2.20. The summed E-state index contributed by atoms with van der Waals surface area (Å²) in [6, 6.07) is 3.16. The van der Waals surface area contributed by atoms with Crippen molar-refractivity contribution < 1.29 is 14.3 Å². The van der Waals surface area contributed by atoms with Crippen LogP contribution in [0.25, 0.3) is 0 Å². The molecule has 3 N–H and O–H groups in total. The fraction of sp³-hybridized carbons (Fsp3) is 0.483. The number of likely N-dealkylation sites (tertiary alicyclic amines) is 1. The number of nitrogens with zero attached hydrogens (tertiary/aromatic N) is 5. The minimum atomic E-state index is -0.410. The van der Waals surface area contributed by atoms with E-state index in [4.69, 9.17) is 4.74 Å². The van der Waals surface area contributed by atoms with Crippen LogP contribution >= 0.6 is 0 Å². The van der Waals surface area contributed by atoms with Crippen molar-refractivity contribution in [2.75, 3.05) is 58.0 Å². The third-order valence-electron chi connectivity index (χ3n) is 6.10. The van der Waals surface area contributed by atoms with E-state index in [1.54, 1.807) is 36.5 Å². The van der Waals surface area contributed by atoms with Crippen LogP contribution in [0.4, 0.5) is 17.5 Å². The fourth-order valence-electron chi connectivity index (χ4n) is 4.07. The lowest BCUT2D eigenvalue weighted by Gasteiger charge is -2.22. The Hall–Kier alpha value is -4.17. The van der Waals surface area contributed by atoms with E-state index in [1.807, 2.05) is 31.1 Å². The summed E-state index contributed by atoms with van der Waals surface area (Å²) in [4.78, 5) is 42.0. The number of rotatable bonds is 13. The summed E-state index contributed by atoms with van der Waals surface area (Å²) in [7, 11) is 5.45. The average Bonchev–Trinajstić information content (AvgIpc) is 3.45. The first-order valence-corrected chi connectivity index (χ1v) is 13.7. The molecule has 1 fully saturated rings. The zero-order valence-electron chi connectivity index (χ0n) is 23.9. The van der Waals surface area contributed by atoms with Crippen molar-refractivity contribution in [3.05, 3.63) is 42.2 Å². The number of likely N-dealkylation sites (N-methyl/N-ethyl adjacent to an activating group) is 1. The molecule has 1 aliphatic heterocycles. The number of amides is 2. The normalized spacial score (nSPS) is 14.6. The minimum Gasteiger partial charge on any atom is -0.481 e. The van der Waals surface area contributed by atoms with Crippen LogP contribution in [0.1, 0.15) is 44.6 Å². The number of nitrogens with one attached hydrogen (secondary N) is 3. The van der Waals surface area contributed by atoms with E-state index in [0.29, 0.717) is 62.1 Å². The molecule has 2 aromatic heterocycles. The van der Waals surface area contributed by atoms with Gasteiger partial charge in [0.1, 0.15) is 11.9 Å². The summed E-state index contributed by atoms with van der Waals surface area (Å²) in [6.07, 6.45) is 10.5. The van der Waals surface area contributed by atoms with E-state index in [-0.39, 0.29) is 11.8 Å². The molecular formula is C29H40N8O3. The molecule has 0 aliphatic carbocycles. The minimum absolute atomic E-state index is 0.103. The second-order valence-corrected chi connectivity index (χ2v) is 9.65. The molecule has 0 aromatic carbocycles. The first-order valence-electron chi connectivity index (χ1n) is 13.7. The van der Waals surface area contributed by atoms with Crippen molar-refractivity contribution in [1.29, 1.82) is 0 Å². The van der Waals surface area contributed by atoms with Gasteiger partial charge in [-0.1, -0.05) is 24.8 Å². The van der Waals surface area contributed by atoms with Crippen LogP contribution in [0, 0.1) is 11.8 Å². The highest BCUT2D eigenvalue weighted by atomic mass is 16.5. The number of carbonyl (C=O) groups excluding carboxylic acids is 2. The van der Waals surface area contributed by atoms with Gasteiger partial charge in [0.05, 0.1) is 18.9 Å². The molecule has 11 nitrogen and oxygen atoms in total. The molecule has 1 atom stereocenters. The number of methoxy groups -OCH3 is 1. The topological polar surface area (TPSA) is 125 Å². The highest BCUT2D eigenvalue weighted by Gasteiger charge is 2.32. The standard InChI is InChI=1S/C29H40N8O3/c1-5-15-31-27-22(21-33-29(35-27)34-23-14-17-30-25(20-23)40-4)11-7-6-8-16-32-28(39)24-12-9-19-37(24)26(38)13-10-18-36(2)3/h10,13-14,17,20-21,24H,5-6,8-9,12,15-16,18-19H2,1-4H3,(H,32,39)(H2,30,31,33,34,35)/t24-/m0/s1. The zero-order valence-corrected chi connectivity index (χ0v) is 23.9. The molecule has 11 heteroatoms. The lowest BCUT2D eigenvalue weighted by molar-refractivity contribution is -0.135. The Labute approximate surface area is 236 Å². The summed E-state index contributed by atoms with van der Waals surface area (Å²) in [6.45, 7) is 4.63. The molecule has 1 aliphatic rings. The summed E-state index contributed by atoms with van der Waals surface area (Å²) in [5, 5.41) is 9.45. The van der Waals surface area contributed by atoms with Gasteiger partial charge in [-0.25, -0.2) is 9.97 Å². The van der Waals surface area contributed by atoms with Crippen LogP contribution in [0.3, 0.4) is 0 Å². The van der Waals surface area contributed by atoms with Crippen molar-refractivity contribution in [3.8, 4) is 17.7 Å². The second kappa shape index (κ2) is 16.1. The first kappa shape index (κ1) is 30.4. The highest BCUT2D eigenvalue weighted by molar-refractivity contribution is 5.93. The molecular weight excluding hydrogens is 508 g/mol. The number of hydrogen-bond acceptors (Lipinski definition) is 9. The van der Waals surface area contributed by atoms with Crippen molar-refractivity contribution in [2.24, 2.45) is 0 Å². The van der Waals surface area contributed by atoms with Gasteiger partial charge in [-0.2, -0.15) is 4.98 Å². The van der Waals surface area contributed by atoms with Crippen LogP contribution in [-0.2, 0) is 9.59 Å². The maximum Gasteiger partial charge on any atom is 0.246 e. The van der Waals surface area contributed by atoms with Crippen molar-refractivity contribution in [2.45, 2.75) is 45.1 Å². The van der Waals surface area contributed by atoms with Crippen molar-refractivity contribution in [3.63, 3.8) is 0 Å². The molecule has 1 saturated heterocycles. The van der Waals surface area contributed by atoms with Crippen LogP contribution in [-0.4, -0.2) is 90.0 Å². The van der Waals surface area contributed by atoms with Gasteiger partial charge in [-0.05, 0) is 45.8 Å². The van der Waals surface area contributed by atoms with E-state index in [2.05, 4.69) is 49.7 Å². The van der Waals surface area contributed by atoms with Crippen molar-refractivity contribution in [1.82, 2.24) is 30.1 Å². The molecule has 0 spiro atoms. The van der Waals surface area contributed by atoms with Gasteiger partial charge in [0.25, 0.3) is 0 Å². The number of carbonyl (C=O) groups is 2. The van der Waals surface area contributed by atoms with E-state index in [9.17, 15) is 9.59 Å². The fourth-order valence-corrected chi connectivity index (χ4v) is 4.07. The molecule has 2 aromatic rings. The Balaban J connectivity index is 1.51. The third kappa shape index (κ3) is 9.54. The largest absolute Gasteiger partial charge is 0.481 e. The Kier molecular flexibility index (Phi) is 12.2. The Morgan fingerprint density at radius 3 is 2.90 bits per heavy atom. The number of unbranched alkanes of at least 4 members (excludes halogenated alkanes) is 1. The predicted octanol–water partition coefficient (Wildman–Crippen LogP) is 2.80. The van der Waals surface area contributed by atoms with Gasteiger partial charge < -0.3 is 30.5 Å². The van der Waals surface area contributed by atoms with Crippen LogP contribution < -0.4 is 20.7 Å². The lowest BCUT2D eigenvalue weighted by Crippen LogP contribution is -2.45. The van der Waals surface area contributed by atoms with Gasteiger partial charge in [-0.15, -0.1) is 0 Å². The van der Waals surface area contributed by atoms with Gasteiger partial charge in [0, 0.05) is 56.6 Å². The zero-order chi connectivity index (χ0) is 28.7. The van der Waals surface area contributed by atoms with E-state index in [0.717, 1.165) is 25.1 Å². The smallest absolute Gasteiger partial charge is 0.246 e. The second-order valence-electron chi connectivity index (χ2n) is 9.65. The molecule has 214 valence electrons. The van der Waals surface area contributed by atoms with E-state index in [1.165, 1.54) is 0 Å². The predicted molar refractivity (Wildman–Crippen MR) is 156 cm³/mol. The number of aromatic nitrogens is 3. The summed E-state index contributed by atoms with van der Waals surface area (Å²) >= 11 is 0. The molecule has 40 heavy (non-hydrogen) atoms. The van der Waals surface area contributed by atoms with Crippen molar-refractivity contribution >= 4 is 29.3 Å². The SMILES string of the molecule is CCCNc1nc(Nc2ccnc(OC)c2)ncc1C#CCCCNC(=O)[C@@H]1CCCN1C(=O)C=CCN(C)C. The summed E-state index contributed by atoms with van der Waals surface area (Å²) < 4.78 is 5.17. The lowest BCUT2D eigenvalue weighted by atomic mass is 10.2. The van der Waals surface area contributed by atoms with E-state index < -0.39 is 6.04 Å². The summed E-state index contributed by atoms with van der Waals surface area (Å²) in [5.41, 5.74) is 1.47. The van der Waals surface area contributed by atoms with Gasteiger partial charge in [0.15, 0.2) is 0 Å². The Morgan fingerprint density at radius 1 is 1.27 bits per heavy atom. The van der Waals surface area contributed by atoms with Gasteiger partial charge >= 0.3 is 0 Å². The number of pyridine rings is 1. The molecule has 0 bridgehead atoms. The molecule has 3 rings (SSSR count). The average molecular weight is 549 g/mol. The van der Waals surface area contributed by atoms with E-state index >= 15 is 0 Å². The monoisotopic (exact) mass is 548 g/mol. The van der Waals surface area contributed by atoms with Gasteiger partial charge in [-0.3, -0.25) is 9.59 Å². The first-order chi connectivity index (χ1) is 19.4. The quantitative estimate of drug-likeness (QED) is 0.197. The molecule has 0 radical (unpaired) electrons. The molecule has 0 saturated carbocycles. The maximum atomic E-state index is 12.7. The molecule has 0 unspecified atom stereocenters. The van der Waals surface area contributed by atoms with Crippen LogP contribution in [0.15, 0.2) is 36.7 Å². The maximum absolute atomic E-state index is 12.7. The third-order valence-corrected chi connectivity index (χ3v) is 6.10. The number of hydrogen-bond donors (Lipinski definition) is 3. The summed E-state index contributed by atoms with van der Waals surface area (Å²) in [5.74, 6) is 7.69. The Morgan fingerprint density at radius 2 is 2.12 bits per heavy atom.